The highest BCUT2D eigenvalue weighted by molar-refractivity contribution is 7.92. The number of fused-ring (bicyclic) bond motifs is 2. The van der Waals surface area contributed by atoms with Gasteiger partial charge in [-0.3, -0.25) is 14.5 Å². The first-order chi connectivity index (χ1) is 29.0. The standard InChI is InChI=1S/C21H29N5O4S.C21H28N4O4S/c1-13(2)22-21(27)30-17-6-4-14(11-17)18-12-20(25-24-18)23-16-5-7-19-15(10-16)8-9-31(28,29)26(19)3;1-13(2)22-21(26)29-18-6-4-15(10-18)19-11-20(25-24-19)23-17-5-3-16-12-30(27,28)8-7-14(16)9-17/h5,7,10,12-14,17H,4,6,8-9,11H2,1-3H3,(H,22,27)(H2,23,24,25);3,5,9,11,13,15,18H,4,6-8,10,12H2,1-2H3,(H,22,26)(H2,23,24,25)/t14-,17?;15-,18+/m00/s1. The first-order valence-electron chi connectivity index (χ1n) is 21.0. The summed E-state index contributed by atoms with van der Waals surface area (Å²) in [4.78, 5) is 23.6. The quantitative estimate of drug-likeness (QED) is 0.0985. The Bertz CT molecular complexity index is 2430. The van der Waals surface area contributed by atoms with Gasteiger partial charge in [-0.2, -0.15) is 10.2 Å². The maximum atomic E-state index is 12.0. The lowest BCUT2D eigenvalue weighted by molar-refractivity contribution is 0.0972. The zero-order valence-electron chi connectivity index (χ0n) is 35.3. The van der Waals surface area contributed by atoms with Crippen molar-refractivity contribution in [3.8, 4) is 0 Å². The summed E-state index contributed by atoms with van der Waals surface area (Å²) in [5, 5.41) is 27.0. The van der Waals surface area contributed by atoms with Crippen LogP contribution in [0, 0.1) is 0 Å². The Morgan fingerprint density at radius 1 is 0.689 bits per heavy atom. The number of amides is 2. The minimum absolute atomic E-state index is 0.0549. The van der Waals surface area contributed by atoms with Gasteiger partial charge < -0.3 is 30.7 Å². The number of aromatic nitrogens is 4. The number of sulfonamides is 1. The van der Waals surface area contributed by atoms with Crippen molar-refractivity contribution in [3.63, 3.8) is 0 Å². The number of hydrogen-bond acceptors (Lipinski definition) is 12. The van der Waals surface area contributed by atoms with Crippen LogP contribution in [-0.4, -0.2) is 92.3 Å². The predicted octanol–water partition coefficient (Wildman–Crippen LogP) is 6.64. The van der Waals surface area contributed by atoms with E-state index in [0.717, 1.165) is 89.5 Å². The fourth-order valence-corrected chi connectivity index (χ4v) is 11.0. The van der Waals surface area contributed by atoms with Crippen molar-refractivity contribution in [3.05, 3.63) is 76.6 Å². The highest BCUT2D eigenvalue weighted by Gasteiger charge is 2.32. The number of rotatable bonds is 10. The van der Waals surface area contributed by atoms with Crippen LogP contribution >= 0.6 is 0 Å². The molecule has 2 fully saturated rings. The molecule has 2 aliphatic heterocycles. The van der Waals surface area contributed by atoms with Crippen molar-refractivity contribution in [2.75, 3.05) is 33.5 Å². The zero-order valence-corrected chi connectivity index (χ0v) is 36.9. The number of ether oxygens (including phenoxy) is 2. The van der Waals surface area contributed by atoms with Gasteiger partial charge in [0.2, 0.25) is 10.0 Å². The van der Waals surface area contributed by atoms with Gasteiger partial charge in [-0.05, 0) is 126 Å². The molecule has 2 aliphatic carbocycles. The molecule has 2 aromatic heterocycles. The Morgan fingerprint density at radius 2 is 1.20 bits per heavy atom. The number of anilines is 5. The van der Waals surface area contributed by atoms with E-state index in [4.69, 9.17) is 9.47 Å². The number of alkyl carbamates (subject to hydrolysis) is 2. The molecule has 0 saturated heterocycles. The number of carbonyl (C=O) groups excluding carboxylic acids is 2. The van der Waals surface area contributed by atoms with E-state index < -0.39 is 19.9 Å². The van der Waals surface area contributed by atoms with E-state index in [-0.39, 0.29) is 65.6 Å². The summed E-state index contributed by atoms with van der Waals surface area (Å²) >= 11 is 0. The van der Waals surface area contributed by atoms with E-state index in [0.29, 0.717) is 18.7 Å². The van der Waals surface area contributed by atoms with E-state index in [2.05, 4.69) is 41.7 Å². The Kier molecular flexibility index (Phi) is 13.2. The Labute approximate surface area is 357 Å². The van der Waals surface area contributed by atoms with Gasteiger partial charge in [0.15, 0.2) is 21.5 Å². The van der Waals surface area contributed by atoms with Crippen molar-refractivity contribution < 1.29 is 35.9 Å². The van der Waals surface area contributed by atoms with Crippen LogP contribution < -0.4 is 25.6 Å². The average Bonchev–Trinajstić information content (AvgIpc) is 4.02. The first-order valence-corrected chi connectivity index (χ1v) is 24.4. The van der Waals surface area contributed by atoms with Crippen LogP contribution in [0.3, 0.4) is 0 Å². The van der Waals surface area contributed by atoms with Crippen molar-refractivity contribution in [1.82, 2.24) is 31.0 Å². The van der Waals surface area contributed by atoms with E-state index in [1.807, 2.05) is 76.2 Å². The lowest BCUT2D eigenvalue weighted by atomic mass is 10.0. The molecule has 19 heteroatoms. The lowest BCUT2D eigenvalue weighted by Crippen LogP contribution is -2.34. The van der Waals surface area contributed by atoms with Crippen LogP contribution in [-0.2, 0) is 47.9 Å². The summed E-state index contributed by atoms with van der Waals surface area (Å²) in [5.74, 6) is 2.41. The molecule has 2 amide bonds. The van der Waals surface area contributed by atoms with Crippen molar-refractivity contribution >= 4 is 60.7 Å². The Hall–Kier alpha value is -5.30. The molecule has 0 radical (unpaired) electrons. The molecule has 8 rings (SSSR count). The fourth-order valence-electron chi connectivity index (χ4n) is 8.36. The predicted molar refractivity (Wildman–Crippen MR) is 234 cm³/mol. The van der Waals surface area contributed by atoms with Gasteiger partial charge in [0, 0.05) is 65.9 Å². The second-order valence-electron chi connectivity index (χ2n) is 17.0. The number of hydrogen-bond donors (Lipinski definition) is 6. The van der Waals surface area contributed by atoms with Gasteiger partial charge in [-0.25, -0.2) is 26.4 Å². The summed E-state index contributed by atoms with van der Waals surface area (Å²) in [6.07, 6.45) is 5.25. The number of nitrogens with zero attached hydrogens (tertiary/aromatic N) is 3. The van der Waals surface area contributed by atoms with E-state index >= 15 is 0 Å². The summed E-state index contributed by atoms with van der Waals surface area (Å²) < 4.78 is 60.0. The summed E-state index contributed by atoms with van der Waals surface area (Å²) in [7, 11) is -4.59. The van der Waals surface area contributed by atoms with Gasteiger partial charge in [0.05, 0.1) is 22.9 Å². The van der Waals surface area contributed by atoms with Gasteiger partial charge in [-0.1, -0.05) is 6.07 Å². The van der Waals surface area contributed by atoms with Crippen molar-refractivity contribution in [1.29, 1.82) is 0 Å². The third kappa shape index (κ3) is 11.3. The normalized spacial score (nSPS) is 22.4. The molecule has 4 atom stereocenters. The van der Waals surface area contributed by atoms with Crippen LogP contribution in [0.5, 0.6) is 0 Å². The molecule has 4 aliphatic rings. The summed E-state index contributed by atoms with van der Waals surface area (Å²) in [5.41, 5.74) is 7.46. The number of carbonyl (C=O) groups is 2. The van der Waals surface area contributed by atoms with Crippen LogP contribution in [0.4, 0.5) is 38.3 Å². The Morgan fingerprint density at radius 3 is 1.74 bits per heavy atom. The monoisotopic (exact) mass is 879 g/mol. The van der Waals surface area contributed by atoms with Gasteiger partial charge in [0.1, 0.15) is 12.2 Å². The second-order valence-corrected chi connectivity index (χ2v) is 21.3. The third-order valence-corrected chi connectivity index (χ3v) is 14.8. The SMILES string of the molecule is CC(C)NC(=O)OC1CC[C@H](c2cc(Nc3ccc4c(c3)CCS(=O)(=O)N4C)n[nH]2)C1.CC(C)NC(=O)O[C@@H]1CC[C@H](c2cc(Nc3ccc4c(c3)CCS(=O)(=O)C4)n[nH]2)C1. The Balaban J connectivity index is 0.000000184. The van der Waals surface area contributed by atoms with E-state index in [1.165, 1.54) is 4.31 Å². The molecular formula is C42H57N9O8S2. The molecule has 4 aromatic rings. The number of benzene rings is 2. The van der Waals surface area contributed by atoms with Gasteiger partial charge in [-0.15, -0.1) is 0 Å². The van der Waals surface area contributed by atoms with Crippen LogP contribution in [0.25, 0.3) is 0 Å². The molecule has 0 bridgehead atoms. The smallest absolute Gasteiger partial charge is 0.407 e. The minimum Gasteiger partial charge on any atom is -0.446 e. The highest BCUT2D eigenvalue weighted by Crippen LogP contribution is 2.38. The largest absolute Gasteiger partial charge is 0.446 e. The van der Waals surface area contributed by atoms with Crippen molar-refractivity contribution in [2.45, 2.75) is 121 Å². The minimum atomic E-state index is -3.21. The molecule has 1 unspecified atom stereocenters. The van der Waals surface area contributed by atoms with Crippen LogP contribution in [0.15, 0.2) is 48.5 Å². The first kappa shape index (κ1) is 43.8. The number of nitrogens with one attached hydrogen (secondary N) is 6. The maximum Gasteiger partial charge on any atom is 0.407 e. The molecule has 6 N–H and O–H groups in total. The molecule has 330 valence electrons. The fraction of sp³-hybridized carbons (Fsp3) is 0.524. The number of sulfone groups is 1. The molecule has 61 heavy (non-hydrogen) atoms. The molecule has 0 spiro atoms. The molecule has 2 saturated carbocycles. The van der Waals surface area contributed by atoms with Crippen LogP contribution in [0.2, 0.25) is 0 Å². The second kappa shape index (κ2) is 18.4. The summed E-state index contributed by atoms with van der Waals surface area (Å²) in [6.45, 7) is 7.62. The third-order valence-electron chi connectivity index (χ3n) is 11.5. The molecule has 17 nitrogen and oxygen atoms in total. The topological polar surface area (TPSA) is 230 Å². The molecule has 4 heterocycles. The number of aryl methyl sites for hydroxylation is 2. The maximum absolute atomic E-state index is 12.0. The molecular weight excluding hydrogens is 823 g/mol. The van der Waals surface area contributed by atoms with Gasteiger partial charge >= 0.3 is 12.2 Å². The van der Waals surface area contributed by atoms with Gasteiger partial charge in [0.25, 0.3) is 0 Å². The number of aromatic amines is 2. The van der Waals surface area contributed by atoms with E-state index in [1.54, 1.807) is 7.05 Å². The molecule has 2 aromatic carbocycles. The van der Waals surface area contributed by atoms with Crippen LogP contribution in [0.1, 0.15) is 106 Å². The average molecular weight is 880 g/mol. The lowest BCUT2D eigenvalue weighted by Gasteiger charge is -2.27. The highest BCUT2D eigenvalue weighted by atomic mass is 32.2. The van der Waals surface area contributed by atoms with E-state index in [9.17, 15) is 26.4 Å². The summed E-state index contributed by atoms with van der Waals surface area (Å²) in [6, 6.07) is 15.5. The number of H-pyrrole nitrogens is 2. The van der Waals surface area contributed by atoms with Crippen molar-refractivity contribution in [2.24, 2.45) is 0 Å². The zero-order chi connectivity index (χ0) is 43.5.